The molecule has 0 spiro atoms. The Hall–Kier alpha value is -4.88. The molecule has 5 rings (SSSR count). The molecule has 0 unspecified atom stereocenters. The summed E-state index contributed by atoms with van der Waals surface area (Å²) >= 11 is 12.9. The second kappa shape index (κ2) is 13.0. The smallest absolute Gasteiger partial charge is 0.267 e. The summed E-state index contributed by atoms with van der Waals surface area (Å²) in [6.45, 7) is 0. The van der Waals surface area contributed by atoms with Crippen LogP contribution in [-0.2, 0) is 14.8 Å². The summed E-state index contributed by atoms with van der Waals surface area (Å²) in [5.41, 5.74) is 5.93. The van der Waals surface area contributed by atoms with Crippen LogP contribution in [-0.4, -0.2) is 49.5 Å². The Morgan fingerprint density at radius 1 is 0.911 bits per heavy atom. The van der Waals surface area contributed by atoms with E-state index in [-0.39, 0.29) is 21.2 Å². The van der Waals surface area contributed by atoms with Crippen LogP contribution in [0.5, 0.6) is 0 Å². The molecule has 14 heteroatoms. The van der Waals surface area contributed by atoms with Gasteiger partial charge in [-0.05, 0) is 78.4 Å². The van der Waals surface area contributed by atoms with Gasteiger partial charge >= 0.3 is 0 Å². The molecule has 5 aromatic rings. The zero-order chi connectivity index (χ0) is 32.3. The Morgan fingerprint density at radius 3 is 2.33 bits per heavy atom. The van der Waals surface area contributed by atoms with Crippen LogP contribution in [0.25, 0.3) is 28.5 Å². The Morgan fingerprint density at radius 2 is 1.64 bits per heavy atom. The summed E-state index contributed by atoms with van der Waals surface area (Å²) in [7, 11) is -0.0920. The van der Waals surface area contributed by atoms with E-state index in [4.69, 9.17) is 28.4 Å². The molecule has 0 radical (unpaired) electrons. The molecule has 0 aliphatic carbocycles. The van der Waals surface area contributed by atoms with Gasteiger partial charge < -0.3 is 15.2 Å². The highest BCUT2D eigenvalue weighted by molar-refractivity contribution is 7.92. The molecular weight excluding hydrogens is 639 g/mol. The average molecular weight is 666 g/mol. The number of aromatic nitrogens is 2. The number of amides is 2. The minimum Gasteiger partial charge on any atom is -0.378 e. The predicted molar refractivity (Wildman–Crippen MR) is 176 cm³/mol. The van der Waals surface area contributed by atoms with Gasteiger partial charge in [0.25, 0.3) is 21.8 Å². The van der Waals surface area contributed by atoms with Crippen molar-refractivity contribution in [2.45, 2.75) is 4.90 Å². The number of H-pyrrole nitrogens is 1. The van der Waals surface area contributed by atoms with Gasteiger partial charge in [-0.1, -0.05) is 35.3 Å². The van der Waals surface area contributed by atoms with Gasteiger partial charge in [-0.15, -0.1) is 0 Å². The molecule has 0 fully saturated rings. The Balaban J connectivity index is 1.30. The number of carbonyl (C=O) groups excluding carboxylic acids is 2. The second-order valence-electron chi connectivity index (χ2n) is 10.0. The number of nitrogens with zero attached hydrogens (tertiary/aromatic N) is 2. The number of hydrogen-bond acceptors (Lipinski definition) is 7. The van der Waals surface area contributed by atoms with Crippen LogP contribution in [0.15, 0.2) is 89.8 Å². The van der Waals surface area contributed by atoms with Crippen molar-refractivity contribution in [3.63, 3.8) is 0 Å². The number of halogens is 2. The Labute approximate surface area is 268 Å². The van der Waals surface area contributed by atoms with Crippen molar-refractivity contribution in [2.24, 2.45) is 0 Å². The number of anilines is 3. The number of benzene rings is 4. The van der Waals surface area contributed by atoms with E-state index in [0.717, 1.165) is 22.8 Å². The van der Waals surface area contributed by atoms with Crippen LogP contribution in [0, 0.1) is 0 Å². The van der Waals surface area contributed by atoms with Gasteiger partial charge in [-0.25, -0.2) is 18.9 Å². The molecule has 0 atom stereocenters. The van der Waals surface area contributed by atoms with Crippen molar-refractivity contribution in [3.8, 4) is 11.4 Å². The minimum absolute atomic E-state index is 0.0264. The first-order chi connectivity index (χ1) is 21.4. The van der Waals surface area contributed by atoms with E-state index in [9.17, 15) is 18.0 Å². The molecule has 230 valence electrons. The number of hydroxylamine groups is 1. The van der Waals surface area contributed by atoms with Crippen molar-refractivity contribution in [3.05, 3.63) is 106 Å². The fourth-order valence-electron chi connectivity index (χ4n) is 4.33. The lowest BCUT2D eigenvalue weighted by Crippen LogP contribution is -2.15. The molecule has 45 heavy (non-hydrogen) atoms. The van der Waals surface area contributed by atoms with E-state index in [1.165, 1.54) is 54.0 Å². The highest BCUT2D eigenvalue weighted by atomic mass is 35.5. The van der Waals surface area contributed by atoms with Gasteiger partial charge in [0.05, 0.1) is 37.2 Å². The molecule has 11 nitrogen and oxygen atoms in total. The SMILES string of the molecule is CN(C)c1ccc2nc(-c3cc(NC(=O)c4ccc(NS(=O)(=O)c5ccc(/C=C/C(=O)NO)cc5)cc4Cl)ccc3Cl)[nH]c2c1. The first-order valence-electron chi connectivity index (χ1n) is 13.3. The average Bonchev–Trinajstić information content (AvgIpc) is 3.44. The Kier molecular flexibility index (Phi) is 9.11. The predicted octanol–water partition coefficient (Wildman–Crippen LogP) is 6.17. The van der Waals surface area contributed by atoms with Crippen molar-refractivity contribution in [2.75, 3.05) is 29.0 Å². The molecule has 0 saturated carbocycles. The van der Waals surface area contributed by atoms with Crippen LogP contribution in [0.1, 0.15) is 15.9 Å². The summed E-state index contributed by atoms with van der Waals surface area (Å²) in [4.78, 5) is 34.1. The molecule has 0 saturated heterocycles. The first kappa shape index (κ1) is 31.5. The molecular formula is C31H26Cl2N6O5S. The minimum atomic E-state index is -3.99. The number of rotatable bonds is 9. The second-order valence-corrected chi connectivity index (χ2v) is 12.5. The molecule has 0 aliphatic rings. The van der Waals surface area contributed by atoms with E-state index in [2.05, 4.69) is 20.0 Å². The lowest BCUT2D eigenvalue weighted by molar-refractivity contribution is -0.124. The highest BCUT2D eigenvalue weighted by Crippen LogP contribution is 2.32. The Bertz CT molecular complexity index is 2060. The number of hydrogen-bond donors (Lipinski definition) is 5. The third-order valence-electron chi connectivity index (χ3n) is 6.65. The van der Waals surface area contributed by atoms with E-state index < -0.39 is 21.8 Å². The molecule has 1 aromatic heterocycles. The third-order valence-corrected chi connectivity index (χ3v) is 8.69. The summed E-state index contributed by atoms with van der Waals surface area (Å²) in [5, 5.41) is 11.8. The van der Waals surface area contributed by atoms with Gasteiger partial charge in [0, 0.05) is 37.1 Å². The third kappa shape index (κ3) is 7.27. The number of carbonyl (C=O) groups is 2. The number of nitrogens with one attached hydrogen (secondary N) is 4. The van der Waals surface area contributed by atoms with Gasteiger partial charge in [-0.2, -0.15) is 0 Å². The quantitative estimate of drug-likeness (QED) is 0.0716. The van der Waals surface area contributed by atoms with E-state index in [1.54, 1.807) is 18.2 Å². The molecule has 0 bridgehead atoms. The lowest BCUT2D eigenvalue weighted by atomic mass is 10.1. The first-order valence-corrected chi connectivity index (χ1v) is 15.5. The van der Waals surface area contributed by atoms with Crippen LogP contribution in [0.4, 0.5) is 17.1 Å². The van der Waals surface area contributed by atoms with Crippen LogP contribution >= 0.6 is 23.2 Å². The zero-order valence-corrected chi connectivity index (χ0v) is 26.1. The highest BCUT2D eigenvalue weighted by Gasteiger charge is 2.18. The monoisotopic (exact) mass is 664 g/mol. The summed E-state index contributed by atoms with van der Waals surface area (Å²) < 4.78 is 28.3. The van der Waals surface area contributed by atoms with Crippen LogP contribution < -0.4 is 20.4 Å². The molecule has 4 aromatic carbocycles. The van der Waals surface area contributed by atoms with Crippen molar-refractivity contribution in [1.82, 2.24) is 15.4 Å². The number of sulfonamides is 1. The summed E-state index contributed by atoms with van der Waals surface area (Å²) in [6, 6.07) is 20.7. The van der Waals surface area contributed by atoms with E-state index in [0.29, 0.717) is 27.7 Å². The van der Waals surface area contributed by atoms with Gasteiger partial charge in [0.15, 0.2) is 0 Å². The van der Waals surface area contributed by atoms with Gasteiger partial charge in [-0.3, -0.25) is 19.5 Å². The number of imidazole rings is 1. The zero-order valence-electron chi connectivity index (χ0n) is 23.8. The van der Waals surface area contributed by atoms with E-state index in [1.807, 2.05) is 37.2 Å². The fourth-order valence-corrected chi connectivity index (χ4v) is 5.85. The van der Waals surface area contributed by atoms with Gasteiger partial charge in [0.1, 0.15) is 5.82 Å². The fraction of sp³-hybridized carbons (Fsp3) is 0.0645. The largest absolute Gasteiger partial charge is 0.378 e. The summed E-state index contributed by atoms with van der Waals surface area (Å²) in [6.07, 6.45) is 2.50. The molecule has 2 amide bonds. The molecule has 5 N–H and O–H groups in total. The van der Waals surface area contributed by atoms with Crippen LogP contribution in [0.2, 0.25) is 10.0 Å². The maximum Gasteiger partial charge on any atom is 0.267 e. The van der Waals surface area contributed by atoms with E-state index >= 15 is 0 Å². The number of aromatic amines is 1. The topological polar surface area (TPSA) is 157 Å². The maximum absolute atomic E-state index is 13.1. The normalized spacial score (nSPS) is 11.5. The maximum atomic E-state index is 13.1. The lowest BCUT2D eigenvalue weighted by Gasteiger charge is -2.12. The molecule has 1 heterocycles. The number of fused-ring (bicyclic) bond motifs is 1. The van der Waals surface area contributed by atoms with Crippen molar-refractivity contribution in [1.29, 1.82) is 0 Å². The van der Waals surface area contributed by atoms with Crippen molar-refractivity contribution < 1.29 is 23.2 Å². The van der Waals surface area contributed by atoms with Crippen molar-refractivity contribution >= 4 is 79.2 Å². The summed E-state index contributed by atoms with van der Waals surface area (Å²) in [5.74, 6) is -0.694. The van der Waals surface area contributed by atoms with Gasteiger partial charge in [0.2, 0.25) is 0 Å². The standard InChI is InChI=1S/C31H26Cl2N6O5S/c1-39(2)21-8-13-27-28(17-21)36-30(35-27)24-15-19(7-12-25(24)32)34-31(41)23-11-6-20(16-26(23)33)38-45(43,44)22-9-3-18(4-10-22)5-14-29(40)37-42/h3-17,38,42H,1-2H3,(H,34,41)(H,35,36)(H,37,40)/b14-5+. The molecule has 0 aliphatic heterocycles. The van der Waals surface area contributed by atoms with Crippen LogP contribution in [0.3, 0.4) is 0 Å².